The lowest BCUT2D eigenvalue weighted by Crippen LogP contribution is -2.09. The Morgan fingerprint density at radius 3 is 2.94 bits per heavy atom. The molecule has 0 fully saturated rings. The summed E-state index contributed by atoms with van der Waals surface area (Å²) in [6, 6.07) is 5.30. The van der Waals surface area contributed by atoms with E-state index in [4.69, 9.17) is 16.3 Å². The summed E-state index contributed by atoms with van der Waals surface area (Å²) < 4.78 is 4.93. The first-order chi connectivity index (χ1) is 7.63. The van der Waals surface area contributed by atoms with Crippen LogP contribution in [0.5, 0.6) is 0 Å². The molecule has 1 aromatic carbocycles. The van der Waals surface area contributed by atoms with E-state index in [1.165, 1.54) is 12.3 Å². The van der Waals surface area contributed by atoms with Gasteiger partial charge in [0.25, 0.3) is 5.91 Å². The van der Waals surface area contributed by atoms with Crippen LogP contribution in [0.3, 0.4) is 0 Å². The normalized spacial score (nSPS) is 10.4. The molecule has 4 heteroatoms. The second kappa shape index (κ2) is 6.18. The number of ether oxygens (including phenoxy) is 1. The minimum Gasteiger partial charge on any atom is -0.501 e. The lowest BCUT2D eigenvalue weighted by Gasteiger charge is -2.06. The molecule has 16 heavy (non-hydrogen) atoms. The maximum absolute atomic E-state index is 11.4. The van der Waals surface area contributed by atoms with Gasteiger partial charge in [0.15, 0.2) is 0 Å². The molecule has 0 aromatic heterocycles. The van der Waals surface area contributed by atoms with Crippen molar-refractivity contribution in [3.63, 3.8) is 0 Å². The molecule has 3 nitrogen and oxygen atoms in total. The molecular formula is C12H14ClNO2. The highest BCUT2D eigenvalue weighted by Gasteiger charge is 2.01. The summed E-state index contributed by atoms with van der Waals surface area (Å²) in [5.41, 5.74) is 1.67. The zero-order chi connectivity index (χ0) is 12.0. The third-order valence-electron chi connectivity index (χ3n) is 1.93. The monoisotopic (exact) mass is 239 g/mol. The van der Waals surface area contributed by atoms with Crippen molar-refractivity contribution >= 4 is 23.2 Å². The van der Waals surface area contributed by atoms with Crippen molar-refractivity contribution in [2.24, 2.45) is 0 Å². The summed E-state index contributed by atoms with van der Waals surface area (Å²) in [6.07, 6.45) is 2.72. The number of nitrogens with one attached hydrogen (secondary N) is 1. The Hall–Kier alpha value is -1.48. The summed E-state index contributed by atoms with van der Waals surface area (Å²) in [4.78, 5) is 11.4. The van der Waals surface area contributed by atoms with Crippen molar-refractivity contribution in [1.82, 2.24) is 0 Å². The molecule has 1 N–H and O–H groups in total. The van der Waals surface area contributed by atoms with Crippen molar-refractivity contribution in [3.8, 4) is 0 Å². The van der Waals surface area contributed by atoms with Crippen LogP contribution in [0.25, 0.3) is 0 Å². The molecule has 1 aromatic rings. The van der Waals surface area contributed by atoms with Gasteiger partial charge in [0.2, 0.25) is 0 Å². The summed E-state index contributed by atoms with van der Waals surface area (Å²) in [5, 5.41) is 3.39. The average Bonchev–Trinajstić information content (AvgIpc) is 2.23. The van der Waals surface area contributed by atoms with E-state index < -0.39 is 0 Å². The van der Waals surface area contributed by atoms with Crippen molar-refractivity contribution in [2.75, 3.05) is 11.9 Å². The fourth-order valence-corrected chi connectivity index (χ4v) is 1.37. The predicted molar refractivity (Wildman–Crippen MR) is 65.6 cm³/mol. The molecule has 86 valence electrons. The van der Waals surface area contributed by atoms with Crippen molar-refractivity contribution in [1.29, 1.82) is 0 Å². The van der Waals surface area contributed by atoms with Gasteiger partial charge in [-0.2, -0.15) is 0 Å². The number of rotatable bonds is 4. The Morgan fingerprint density at radius 2 is 2.31 bits per heavy atom. The Morgan fingerprint density at radius 1 is 1.56 bits per heavy atom. The van der Waals surface area contributed by atoms with E-state index in [1.807, 2.05) is 13.8 Å². The third-order valence-corrected chi connectivity index (χ3v) is 2.16. The van der Waals surface area contributed by atoms with Gasteiger partial charge in [0.05, 0.1) is 12.9 Å². The quantitative estimate of drug-likeness (QED) is 0.648. The molecule has 0 bridgehead atoms. The maximum Gasteiger partial charge on any atom is 0.251 e. The predicted octanol–water partition coefficient (Wildman–Crippen LogP) is 3.14. The Labute approximate surface area is 100 Å². The number of amides is 1. The minimum atomic E-state index is -0.223. The van der Waals surface area contributed by atoms with Gasteiger partial charge in [-0.3, -0.25) is 4.79 Å². The SMILES string of the molecule is CCOC=CC(=O)Nc1ccc(Cl)cc1C. The van der Waals surface area contributed by atoms with Crippen LogP contribution >= 0.6 is 11.6 Å². The molecule has 0 saturated carbocycles. The Kier molecular flexibility index (Phi) is 4.86. The highest BCUT2D eigenvalue weighted by Crippen LogP contribution is 2.19. The minimum absolute atomic E-state index is 0.223. The Balaban J connectivity index is 2.63. The number of aryl methyl sites for hydroxylation is 1. The van der Waals surface area contributed by atoms with E-state index in [-0.39, 0.29) is 5.91 Å². The second-order valence-electron chi connectivity index (χ2n) is 3.21. The standard InChI is InChI=1S/C12H14ClNO2/c1-3-16-7-6-12(15)14-11-5-4-10(13)8-9(11)2/h4-8H,3H2,1-2H3,(H,14,15). The number of anilines is 1. The van der Waals surface area contributed by atoms with Crippen LogP contribution in [0.15, 0.2) is 30.5 Å². The molecular weight excluding hydrogens is 226 g/mol. The number of hydrogen-bond donors (Lipinski definition) is 1. The first-order valence-corrected chi connectivity index (χ1v) is 5.36. The Bertz CT molecular complexity index is 402. The van der Waals surface area contributed by atoms with E-state index >= 15 is 0 Å². The second-order valence-corrected chi connectivity index (χ2v) is 3.64. The van der Waals surface area contributed by atoms with E-state index in [9.17, 15) is 4.79 Å². The van der Waals surface area contributed by atoms with Gasteiger partial charge in [0.1, 0.15) is 0 Å². The van der Waals surface area contributed by atoms with E-state index in [1.54, 1.807) is 18.2 Å². The van der Waals surface area contributed by atoms with E-state index in [0.29, 0.717) is 11.6 Å². The number of halogens is 1. The summed E-state index contributed by atoms with van der Waals surface area (Å²) in [6.45, 7) is 4.28. The van der Waals surface area contributed by atoms with Crippen LogP contribution in [0.1, 0.15) is 12.5 Å². The first-order valence-electron chi connectivity index (χ1n) is 4.98. The summed E-state index contributed by atoms with van der Waals surface area (Å²) in [5.74, 6) is -0.223. The lowest BCUT2D eigenvalue weighted by atomic mass is 10.2. The van der Waals surface area contributed by atoms with E-state index in [0.717, 1.165) is 11.3 Å². The molecule has 0 unspecified atom stereocenters. The smallest absolute Gasteiger partial charge is 0.251 e. The molecule has 1 rings (SSSR count). The molecule has 0 radical (unpaired) electrons. The number of hydrogen-bond acceptors (Lipinski definition) is 2. The van der Waals surface area contributed by atoms with Gasteiger partial charge in [-0.05, 0) is 37.6 Å². The largest absolute Gasteiger partial charge is 0.501 e. The highest BCUT2D eigenvalue weighted by atomic mass is 35.5. The van der Waals surface area contributed by atoms with Gasteiger partial charge in [-0.25, -0.2) is 0 Å². The van der Waals surface area contributed by atoms with Crippen LogP contribution in [0.4, 0.5) is 5.69 Å². The zero-order valence-corrected chi connectivity index (χ0v) is 10.0. The molecule has 0 aliphatic heterocycles. The molecule has 0 atom stereocenters. The van der Waals surface area contributed by atoms with Crippen LogP contribution in [0, 0.1) is 6.92 Å². The fourth-order valence-electron chi connectivity index (χ4n) is 1.15. The number of carbonyl (C=O) groups is 1. The van der Waals surface area contributed by atoms with Crippen molar-refractivity contribution in [3.05, 3.63) is 41.1 Å². The molecule has 0 spiro atoms. The molecule has 1 amide bonds. The third kappa shape index (κ3) is 3.95. The van der Waals surface area contributed by atoms with Gasteiger partial charge in [-0.1, -0.05) is 11.6 Å². The van der Waals surface area contributed by atoms with Gasteiger partial charge in [-0.15, -0.1) is 0 Å². The summed E-state index contributed by atoms with van der Waals surface area (Å²) in [7, 11) is 0. The molecule has 0 aliphatic rings. The molecule has 0 heterocycles. The lowest BCUT2D eigenvalue weighted by molar-refractivity contribution is -0.112. The van der Waals surface area contributed by atoms with Crippen LogP contribution in [0.2, 0.25) is 5.02 Å². The van der Waals surface area contributed by atoms with Crippen molar-refractivity contribution in [2.45, 2.75) is 13.8 Å². The number of benzene rings is 1. The average molecular weight is 240 g/mol. The highest BCUT2D eigenvalue weighted by molar-refractivity contribution is 6.30. The van der Waals surface area contributed by atoms with Crippen molar-refractivity contribution < 1.29 is 9.53 Å². The number of carbonyl (C=O) groups excluding carboxylic acids is 1. The van der Waals surface area contributed by atoms with E-state index in [2.05, 4.69) is 5.32 Å². The fraction of sp³-hybridized carbons (Fsp3) is 0.250. The van der Waals surface area contributed by atoms with Crippen LogP contribution in [-0.2, 0) is 9.53 Å². The summed E-state index contributed by atoms with van der Waals surface area (Å²) >= 11 is 5.81. The maximum atomic E-state index is 11.4. The molecule has 0 saturated heterocycles. The van der Waals surface area contributed by atoms with Crippen LogP contribution in [-0.4, -0.2) is 12.5 Å². The first kappa shape index (κ1) is 12.6. The van der Waals surface area contributed by atoms with Gasteiger partial charge < -0.3 is 10.1 Å². The van der Waals surface area contributed by atoms with Gasteiger partial charge >= 0.3 is 0 Å². The van der Waals surface area contributed by atoms with Gasteiger partial charge in [0, 0.05) is 16.8 Å². The zero-order valence-electron chi connectivity index (χ0n) is 9.29. The molecule has 0 aliphatic carbocycles. The topological polar surface area (TPSA) is 38.3 Å². The van der Waals surface area contributed by atoms with Crippen LogP contribution < -0.4 is 5.32 Å².